The Morgan fingerprint density at radius 1 is 1.19 bits per heavy atom. The second-order valence-corrected chi connectivity index (χ2v) is 6.70. The van der Waals surface area contributed by atoms with Gasteiger partial charge < -0.3 is 10.2 Å². The minimum absolute atomic E-state index is 0.0898. The number of fused-ring (bicyclic) bond motifs is 1. The molecule has 1 aromatic heterocycles. The van der Waals surface area contributed by atoms with Crippen LogP contribution in [0.25, 0.3) is 11.3 Å². The van der Waals surface area contributed by atoms with Crippen LogP contribution in [0.15, 0.2) is 54.6 Å². The second kappa shape index (κ2) is 7.07. The third-order valence-electron chi connectivity index (χ3n) is 4.66. The number of carbonyl (C=O) groups excluding carboxylic acids is 2. The van der Waals surface area contributed by atoms with Crippen molar-refractivity contribution >= 4 is 17.5 Å². The van der Waals surface area contributed by atoms with Gasteiger partial charge in [0.15, 0.2) is 0 Å². The molecule has 136 valence electrons. The molecule has 0 unspecified atom stereocenters. The Kier molecular flexibility index (Phi) is 4.46. The van der Waals surface area contributed by atoms with Crippen LogP contribution in [0.2, 0.25) is 0 Å². The molecule has 0 radical (unpaired) electrons. The zero-order valence-electron chi connectivity index (χ0n) is 15.0. The summed E-state index contributed by atoms with van der Waals surface area (Å²) in [6.07, 6.45) is 0.318. The third kappa shape index (κ3) is 3.60. The molecule has 0 saturated carbocycles. The smallest absolute Gasteiger partial charge is 0.227 e. The normalized spacial score (nSPS) is 13.4. The summed E-state index contributed by atoms with van der Waals surface area (Å²) in [5.41, 5.74) is 5.37. The SMILES string of the molecule is CC(=O)Nc1cccc(-c2n[nH]c3c2CC(=O)N(Cc2ccccc2)C3)c1. The van der Waals surface area contributed by atoms with Crippen molar-refractivity contribution in [3.63, 3.8) is 0 Å². The second-order valence-electron chi connectivity index (χ2n) is 6.70. The molecule has 1 aliphatic heterocycles. The van der Waals surface area contributed by atoms with Crippen LogP contribution in [-0.2, 0) is 29.1 Å². The van der Waals surface area contributed by atoms with E-state index in [1.807, 2.05) is 59.5 Å². The van der Waals surface area contributed by atoms with Crippen LogP contribution < -0.4 is 5.32 Å². The lowest BCUT2D eigenvalue weighted by molar-refractivity contribution is -0.132. The van der Waals surface area contributed by atoms with Gasteiger partial charge in [0.1, 0.15) is 0 Å². The summed E-state index contributed by atoms with van der Waals surface area (Å²) >= 11 is 0. The number of aromatic amines is 1. The quantitative estimate of drug-likeness (QED) is 0.750. The summed E-state index contributed by atoms with van der Waals surface area (Å²) in [5, 5.41) is 10.3. The van der Waals surface area contributed by atoms with Gasteiger partial charge in [-0.05, 0) is 17.7 Å². The number of H-pyrrole nitrogens is 1. The molecule has 2 N–H and O–H groups in total. The molecule has 27 heavy (non-hydrogen) atoms. The van der Waals surface area contributed by atoms with Crippen molar-refractivity contribution in [2.75, 3.05) is 5.32 Å². The van der Waals surface area contributed by atoms with Crippen molar-refractivity contribution in [2.45, 2.75) is 26.4 Å². The number of hydrogen-bond acceptors (Lipinski definition) is 3. The average Bonchev–Trinajstić information content (AvgIpc) is 3.05. The lowest BCUT2D eigenvalue weighted by Gasteiger charge is -2.27. The van der Waals surface area contributed by atoms with E-state index in [0.29, 0.717) is 25.2 Å². The van der Waals surface area contributed by atoms with Gasteiger partial charge in [-0.25, -0.2) is 0 Å². The van der Waals surface area contributed by atoms with Crippen LogP contribution in [0.3, 0.4) is 0 Å². The molecule has 0 spiro atoms. The Bertz CT molecular complexity index is 994. The summed E-state index contributed by atoms with van der Waals surface area (Å²) in [7, 11) is 0. The summed E-state index contributed by atoms with van der Waals surface area (Å²) in [6, 6.07) is 17.5. The van der Waals surface area contributed by atoms with Crippen molar-refractivity contribution < 1.29 is 9.59 Å². The molecule has 2 heterocycles. The fraction of sp³-hybridized carbons (Fsp3) is 0.190. The summed E-state index contributed by atoms with van der Waals surface area (Å²) in [5.74, 6) is -0.0324. The number of rotatable bonds is 4. The summed E-state index contributed by atoms with van der Waals surface area (Å²) in [4.78, 5) is 25.8. The zero-order chi connectivity index (χ0) is 18.8. The molecule has 3 aromatic rings. The molecule has 0 bridgehead atoms. The van der Waals surface area contributed by atoms with E-state index >= 15 is 0 Å². The highest BCUT2D eigenvalue weighted by Crippen LogP contribution is 2.30. The van der Waals surface area contributed by atoms with E-state index in [-0.39, 0.29) is 11.8 Å². The molecule has 0 aliphatic carbocycles. The van der Waals surface area contributed by atoms with E-state index < -0.39 is 0 Å². The highest BCUT2D eigenvalue weighted by Gasteiger charge is 2.28. The van der Waals surface area contributed by atoms with Gasteiger partial charge in [-0.3, -0.25) is 14.7 Å². The third-order valence-corrected chi connectivity index (χ3v) is 4.66. The molecule has 6 nitrogen and oxygen atoms in total. The minimum Gasteiger partial charge on any atom is -0.332 e. The lowest BCUT2D eigenvalue weighted by Crippen LogP contribution is -2.35. The first-order chi connectivity index (χ1) is 13.1. The maximum atomic E-state index is 12.7. The van der Waals surface area contributed by atoms with E-state index in [9.17, 15) is 9.59 Å². The average molecular weight is 360 g/mol. The first-order valence-electron chi connectivity index (χ1n) is 8.86. The monoisotopic (exact) mass is 360 g/mol. The maximum Gasteiger partial charge on any atom is 0.227 e. The molecular formula is C21H20N4O2. The van der Waals surface area contributed by atoms with Crippen molar-refractivity contribution in [1.82, 2.24) is 15.1 Å². The van der Waals surface area contributed by atoms with Crippen LogP contribution in [0.1, 0.15) is 23.7 Å². The van der Waals surface area contributed by atoms with Crippen LogP contribution >= 0.6 is 0 Å². The predicted molar refractivity (Wildman–Crippen MR) is 103 cm³/mol. The number of carbonyl (C=O) groups is 2. The molecule has 2 aromatic carbocycles. The first kappa shape index (κ1) is 17.0. The highest BCUT2D eigenvalue weighted by atomic mass is 16.2. The molecule has 0 fully saturated rings. The van der Waals surface area contributed by atoms with Crippen molar-refractivity contribution in [3.8, 4) is 11.3 Å². The molecule has 4 rings (SSSR count). The van der Waals surface area contributed by atoms with Crippen molar-refractivity contribution in [3.05, 3.63) is 71.4 Å². The molecule has 6 heteroatoms. The van der Waals surface area contributed by atoms with Gasteiger partial charge >= 0.3 is 0 Å². The van der Waals surface area contributed by atoms with E-state index in [4.69, 9.17) is 0 Å². The number of nitrogens with one attached hydrogen (secondary N) is 2. The maximum absolute atomic E-state index is 12.7. The van der Waals surface area contributed by atoms with Gasteiger partial charge in [0, 0.05) is 30.3 Å². The number of aromatic nitrogens is 2. The molecule has 2 amide bonds. The Labute approximate surface area is 157 Å². The van der Waals surface area contributed by atoms with Crippen LogP contribution in [0.5, 0.6) is 0 Å². The Hall–Kier alpha value is -3.41. The largest absolute Gasteiger partial charge is 0.332 e. The van der Waals surface area contributed by atoms with E-state index in [0.717, 1.165) is 28.1 Å². The topological polar surface area (TPSA) is 78.1 Å². The number of benzene rings is 2. The molecular weight excluding hydrogens is 340 g/mol. The van der Waals surface area contributed by atoms with Crippen LogP contribution in [0, 0.1) is 0 Å². The van der Waals surface area contributed by atoms with Gasteiger partial charge in [0.05, 0.1) is 24.4 Å². The molecule has 0 saturated heterocycles. The Balaban J connectivity index is 1.59. The predicted octanol–water partition coefficient (Wildman–Crippen LogP) is 3.12. The molecule has 0 atom stereocenters. The zero-order valence-corrected chi connectivity index (χ0v) is 15.0. The standard InChI is InChI=1S/C21H20N4O2/c1-14(26)22-17-9-5-8-16(10-17)21-18-11-20(27)25(13-19(18)23-24-21)12-15-6-3-2-4-7-15/h2-10H,11-13H2,1H3,(H,22,26)(H,23,24). The number of hydrogen-bond donors (Lipinski definition) is 2. The van der Waals surface area contributed by atoms with Crippen molar-refractivity contribution in [1.29, 1.82) is 0 Å². The lowest BCUT2D eigenvalue weighted by atomic mass is 9.99. The fourth-order valence-corrected chi connectivity index (χ4v) is 3.40. The minimum atomic E-state index is -0.122. The first-order valence-corrected chi connectivity index (χ1v) is 8.86. The van der Waals surface area contributed by atoms with Crippen LogP contribution in [-0.4, -0.2) is 26.9 Å². The Morgan fingerprint density at radius 3 is 2.78 bits per heavy atom. The number of anilines is 1. The van der Waals surface area contributed by atoms with E-state index in [1.54, 1.807) is 0 Å². The summed E-state index contributed by atoms with van der Waals surface area (Å²) in [6.45, 7) is 2.58. The highest BCUT2D eigenvalue weighted by molar-refractivity contribution is 5.90. The van der Waals surface area contributed by atoms with Gasteiger partial charge in [-0.2, -0.15) is 5.10 Å². The number of amides is 2. The van der Waals surface area contributed by atoms with Gasteiger partial charge in [0.2, 0.25) is 11.8 Å². The van der Waals surface area contributed by atoms with E-state index in [2.05, 4.69) is 15.5 Å². The molecule has 1 aliphatic rings. The Morgan fingerprint density at radius 2 is 2.00 bits per heavy atom. The van der Waals surface area contributed by atoms with Crippen LogP contribution in [0.4, 0.5) is 5.69 Å². The van der Waals surface area contributed by atoms with Crippen molar-refractivity contribution in [2.24, 2.45) is 0 Å². The van der Waals surface area contributed by atoms with Gasteiger partial charge in [-0.1, -0.05) is 42.5 Å². The fourth-order valence-electron chi connectivity index (χ4n) is 3.40. The van der Waals surface area contributed by atoms with Gasteiger partial charge in [-0.15, -0.1) is 0 Å². The van der Waals surface area contributed by atoms with E-state index in [1.165, 1.54) is 6.92 Å². The number of nitrogens with zero attached hydrogens (tertiary/aromatic N) is 2. The summed E-state index contributed by atoms with van der Waals surface area (Å²) < 4.78 is 0. The van der Waals surface area contributed by atoms with Gasteiger partial charge in [0.25, 0.3) is 0 Å².